The minimum absolute atomic E-state index is 0.0171. The van der Waals surface area contributed by atoms with Gasteiger partial charge in [-0.05, 0) is 31.5 Å². The van der Waals surface area contributed by atoms with E-state index >= 15 is 0 Å². The van der Waals surface area contributed by atoms with Gasteiger partial charge in [-0.3, -0.25) is 16.3 Å². The lowest BCUT2D eigenvalue weighted by molar-refractivity contribution is 0.123. The topological polar surface area (TPSA) is 60.2 Å². The van der Waals surface area contributed by atoms with E-state index in [1.165, 1.54) is 0 Å². The van der Waals surface area contributed by atoms with Gasteiger partial charge in [-0.1, -0.05) is 18.2 Å². The van der Waals surface area contributed by atoms with E-state index < -0.39 is 0 Å². The van der Waals surface area contributed by atoms with Gasteiger partial charge in [0.25, 0.3) is 0 Å². The summed E-state index contributed by atoms with van der Waals surface area (Å²) in [6.07, 6.45) is 0. The number of hydrogen-bond acceptors (Lipinski definition) is 4. The summed E-state index contributed by atoms with van der Waals surface area (Å²) in [4.78, 5) is 4.52. The number of aromatic nitrogens is 1. The van der Waals surface area contributed by atoms with E-state index in [-0.39, 0.29) is 6.04 Å². The Hall–Kier alpha value is -1.49. The number of benzene rings is 1. The highest BCUT2D eigenvalue weighted by atomic mass is 16.5. The zero-order valence-electron chi connectivity index (χ0n) is 10.8. The fourth-order valence-corrected chi connectivity index (χ4v) is 2.09. The quantitative estimate of drug-likeness (QED) is 0.625. The molecule has 2 aromatic rings. The molecule has 0 saturated carbocycles. The monoisotopic (exact) mass is 245 g/mol. The number of hydrogen-bond donors (Lipinski definition) is 2. The largest absolute Gasteiger partial charge is 0.380 e. The fourth-order valence-electron chi connectivity index (χ4n) is 2.09. The number of nitrogens with zero attached hydrogens (tertiary/aromatic N) is 1. The summed E-state index contributed by atoms with van der Waals surface area (Å²) in [5, 5.41) is 1.12. The van der Waals surface area contributed by atoms with Gasteiger partial charge in [0.15, 0.2) is 0 Å². The normalized spacial score (nSPS) is 12.8. The Morgan fingerprint density at radius 2 is 2.17 bits per heavy atom. The number of nitrogens with one attached hydrogen (secondary N) is 1. The second-order valence-corrected chi connectivity index (χ2v) is 4.25. The first-order valence-electron chi connectivity index (χ1n) is 6.16. The van der Waals surface area contributed by atoms with E-state index in [0.29, 0.717) is 13.2 Å². The fraction of sp³-hybridized carbons (Fsp3) is 0.357. The third-order valence-electron chi connectivity index (χ3n) is 2.94. The van der Waals surface area contributed by atoms with E-state index in [4.69, 9.17) is 10.6 Å². The molecule has 0 aliphatic heterocycles. The standard InChI is InChI=1S/C14H19N3O/c1-3-18-9-14(17-15)12-8-10(2)16-13-7-5-4-6-11(12)13/h4-8,14,17H,3,9,15H2,1-2H3. The van der Waals surface area contributed by atoms with Crippen LogP contribution in [0, 0.1) is 6.92 Å². The number of fused-ring (bicyclic) bond motifs is 1. The molecule has 0 aliphatic carbocycles. The third kappa shape index (κ3) is 2.67. The number of rotatable bonds is 5. The highest BCUT2D eigenvalue weighted by molar-refractivity contribution is 5.82. The van der Waals surface area contributed by atoms with Crippen LogP contribution in [0.15, 0.2) is 30.3 Å². The van der Waals surface area contributed by atoms with Gasteiger partial charge in [-0.25, -0.2) is 0 Å². The molecule has 2 rings (SSSR count). The maximum Gasteiger partial charge on any atom is 0.0708 e. The Morgan fingerprint density at radius 1 is 1.39 bits per heavy atom. The lowest BCUT2D eigenvalue weighted by Gasteiger charge is -2.18. The van der Waals surface area contributed by atoms with Gasteiger partial charge in [0.05, 0.1) is 18.2 Å². The van der Waals surface area contributed by atoms with Crippen LogP contribution in [0.3, 0.4) is 0 Å². The molecule has 3 N–H and O–H groups in total. The van der Waals surface area contributed by atoms with Gasteiger partial charge in [-0.15, -0.1) is 0 Å². The number of aryl methyl sites for hydroxylation is 1. The average Bonchev–Trinajstić information content (AvgIpc) is 2.39. The molecular formula is C14H19N3O. The van der Waals surface area contributed by atoms with E-state index in [2.05, 4.69) is 22.5 Å². The van der Waals surface area contributed by atoms with Gasteiger partial charge in [0.2, 0.25) is 0 Å². The van der Waals surface area contributed by atoms with Crippen LogP contribution in [0.25, 0.3) is 10.9 Å². The smallest absolute Gasteiger partial charge is 0.0708 e. The molecule has 0 bridgehead atoms. The lowest BCUT2D eigenvalue weighted by Crippen LogP contribution is -2.31. The zero-order chi connectivity index (χ0) is 13.0. The lowest BCUT2D eigenvalue weighted by atomic mass is 10.0. The van der Waals surface area contributed by atoms with Crippen LogP contribution in [-0.2, 0) is 4.74 Å². The van der Waals surface area contributed by atoms with Crippen molar-refractivity contribution in [2.45, 2.75) is 19.9 Å². The Labute approximate surface area is 107 Å². The van der Waals surface area contributed by atoms with E-state index in [9.17, 15) is 0 Å². The van der Waals surface area contributed by atoms with Gasteiger partial charge in [-0.2, -0.15) is 0 Å². The summed E-state index contributed by atoms with van der Waals surface area (Å²) in [6.45, 7) is 5.20. The summed E-state index contributed by atoms with van der Waals surface area (Å²) < 4.78 is 5.47. The molecule has 0 spiro atoms. The van der Waals surface area contributed by atoms with Crippen LogP contribution < -0.4 is 11.3 Å². The summed E-state index contributed by atoms with van der Waals surface area (Å²) >= 11 is 0. The first-order chi connectivity index (χ1) is 8.76. The van der Waals surface area contributed by atoms with Crippen molar-refractivity contribution in [1.29, 1.82) is 0 Å². The minimum atomic E-state index is -0.0171. The molecular weight excluding hydrogens is 226 g/mol. The molecule has 1 heterocycles. The molecule has 4 heteroatoms. The summed E-state index contributed by atoms with van der Waals surface area (Å²) in [5.41, 5.74) is 5.93. The van der Waals surface area contributed by atoms with Crippen molar-refractivity contribution < 1.29 is 4.74 Å². The number of ether oxygens (including phenoxy) is 1. The molecule has 1 unspecified atom stereocenters. The van der Waals surface area contributed by atoms with Gasteiger partial charge in [0.1, 0.15) is 0 Å². The zero-order valence-corrected chi connectivity index (χ0v) is 10.8. The number of nitrogens with two attached hydrogens (primary N) is 1. The number of para-hydroxylation sites is 1. The highest BCUT2D eigenvalue weighted by Crippen LogP contribution is 2.24. The molecule has 1 aromatic heterocycles. The SMILES string of the molecule is CCOCC(NN)c1cc(C)nc2ccccc12. The van der Waals surface area contributed by atoms with Crippen molar-refractivity contribution in [3.05, 3.63) is 41.6 Å². The van der Waals surface area contributed by atoms with Crippen LogP contribution in [-0.4, -0.2) is 18.2 Å². The van der Waals surface area contributed by atoms with Crippen LogP contribution in [0.4, 0.5) is 0 Å². The highest BCUT2D eigenvalue weighted by Gasteiger charge is 2.14. The molecule has 0 aliphatic rings. The first kappa shape index (κ1) is 13.0. The predicted molar refractivity (Wildman–Crippen MR) is 73.0 cm³/mol. The van der Waals surface area contributed by atoms with Gasteiger partial charge < -0.3 is 4.74 Å². The molecule has 1 aromatic carbocycles. The van der Waals surface area contributed by atoms with Crippen molar-refractivity contribution in [2.75, 3.05) is 13.2 Å². The molecule has 1 atom stereocenters. The third-order valence-corrected chi connectivity index (χ3v) is 2.94. The van der Waals surface area contributed by atoms with Crippen LogP contribution in [0.1, 0.15) is 24.2 Å². The summed E-state index contributed by atoms with van der Waals surface area (Å²) in [7, 11) is 0. The molecule has 0 saturated heterocycles. The maximum absolute atomic E-state index is 5.64. The van der Waals surface area contributed by atoms with E-state index in [1.54, 1.807) is 0 Å². The molecule has 0 amide bonds. The molecule has 18 heavy (non-hydrogen) atoms. The van der Waals surface area contributed by atoms with Crippen molar-refractivity contribution in [3.8, 4) is 0 Å². The second kappa shape index (κ2) is 5.91. The second-order valence-electron chi connectivity index (χ2n) is 4.25. The van der Waals surface area contributed by atoms with Crippen molar-refractivity contribution in [1.82, 2.24) is 10.4 Å². The summed E-state index contributed by atoms with van der Waals surface area (Å²) in [5.74, 6) is 5.64. The molecule has 96 valence electrons. The van der Waals surface area contributed by atoms with Crippen LogP contribution >= 0.6 is 0 Å². The Kier molecular flexibility index (Phi) is 4.25. The summed E-state index contributed by atoms with van der Waals surface area (Å²) in [6, 6.07) is 10.1. The maximum atomic E-state index is 5.64. The number of pyridine rings is 1. The van der Waals surface area contributed by atoms with Crippen molar-refractivity contribution in [2.24, 2.45) is 5.84 Å². The first-order valence-corrected chi connectivity index (χ1v) is 6.16. The van der Waals surface area contributed by atoms with Crippen molar-refractivity contribution in [3.63, 3.8) is 0 Å². The van der Waals surface area contributed by atoms with E-state index in [0.717, 1.165) is 22.2 Å². The van der Waals surface area contributed by atoms with Gasteiger partial charge >= 0.3 is 0 Å². The van der Waals surface area contributed by atoms with Crippen molar-refractivity contribution >= 4 is 10.9 Å². The van der Waals surface area contributed by atoms with E-state index in [1.807, 2.05) is 32.0 Å². The Balaban J connectivity index is 2.47. The number of hydrazine groups is 1. The minimum Gasteiger partial charge on any atom is -0.380 e. The molecule has 0 fully saturated rings. The van der Waals surface area contributed by atoms with Gasteiger partial charge in [0, 0.05) is 17.7 Å². The Morgan fingerprint density at radius 3 is 2.89 bits per heavy atom. The van der Waals surface area contributed by atoms with Crippen LogP contribution in [0.5, 0.6) is 0 Å². The Bertz CT molecular complexity index is 527. The molecule has 4 nitrogen and oxygen atoms in total. The van der Waals surface area contributed by atoms with Crippen LogP contribution in [0.2, 0.25) is 0 Å². The predicted octanol–water partition coefficient (Wildman–Crippen LogP) is 2.08. The molecule has 0 radical (unpaired) electrons. The average molecular weight is 245 g/mol.